The third kappa shape index (κ3) is 4.17. The second kappa shape index (κ2) is 11.0. The van der Waals surface area contributed by atoms with Gasteiger partial charge in [-0.2, -0.15) is 0 Å². The molecule has 2 heteroatoms. The number of benzene rings is 8. The number of para-hydroxylation sites is 1. The summed E-state index contributed by atoms with van der Waals surface area (Å²) in [6.45, 7) is 0. The van der Waals surface area contributed by atoms with Crippen LogP contribution in [-0.4, -0.2) is 4.98 Å². The van der Waals surface area contributed by atoms with Crippen LogP contribution >= 0.6 is 0 Å². The number of hydrogen-bond donors (Lipinski definition) is 0. The molecule has 10 rings (SSSR count). The van der Waals surface area contributed by atoms with Gasteiger partial charge in [-0.25, -0.2) is 0 Å². The third-order valence-electron chi connectivity index (χ3n) is 10.1. The first-order chi connectivity index (χ1) is 24.4. The number of pyridine rings is 1. The number of rotatable bonds is 5. The van der Waals surface area contributed by atoms with E-state index in [-0.39, 0.29) is 0 Å². The summed E-state index contributed by atoms with van der Waals surface area (Å²) < 4.78 is 0. The van der Waals surface area contributed by atoms with Gasteiger partial charge in [-0.15, -0.1) is 0 Å². The quantitative estimate of drug-likeness (QED) is 0.190. The van der Waals surface area contributed by atoms with Crippen molar-refractivity contribution in [3.8, 4) is 44.5 Å². The van der Waals surface area contributed by atoms with Crippen LogP contribution < -0.4 is 4.90 Å². The van der Waals surface area contributed by atoms with Gasteiger partial charge in [0.25, 0.3) is 0 Å². The molecule has 8 aromatic carbocycles. The van der Waals surface area contributed by atoms with Gasteiger partial charge in [0.05, 0.1) is 11.4 Å². The lowest BCUT2D eigenvalue weighted by molar-refractivity contribution is 1.30. The molecule has 0 unspecified atom stereocenters. The number of fused-ring (bicyclic) bond motifs is 5. The summed E-state index contributed by atoms with van der Waals surface area (Å²) in [4.78, 5) is 6.85. The summed E-state index contributed by atoms with van der Waals surface area (Å²) in [5.74, 6) is 0. The summed E-state index contributed by atoms with van der Waals surface area (Å²) in [5, 5.41) is 7.34. The fraction of sp³-hybridized carbons (Fsp3) is 0. The van der Waals surface area contributed by atoms with E-state index in [1.54, 1.807) is 0 Å². The minimum absolute atomic E-state index is 1.11. The first-order valence-corrected chi connectivity index (χ1v) is 16.8. The zero-order valence-corrected chi connectivity index (χ0v) is 26.7. The van der Waals surface area contributed by atoms with Crippen LogP contribution in [0, 0.1) is 0 Å². The molecule has 0 spiro atoms. The van der Waals surface area contributed by atoms with Crippen molar-refractivity contribution in [2.75, 3.05) is 4.90 Å². The van der Waals surface area contributed by atoms with Crippen molar-refractivity contribution in [1.82, 2.24) is 4.98 Å². The number of nitrogens with zero attached hydrogens (tertiary/aromatic N) is 2. The molecule has 0 amide bonds. The normalized spacial score (nSPS) is 11.7. The standard InChI is InChI=1S/C47H30N2/c1-4-14-31(15-5-1)43-36-21-10-11-22-37(36)44(32-16-6-2-7-17-32)47-40-26-27-42(38-23-13-24-39(45(38)40)46(43)47)49(34-19-8-3-9-20-34)41-25-12-18-33-30-48-29-28-35(33)41/h1-30H. The van der Waals surface area contributed by atoms with Crippen LogP contribution in [0.5, 0.6) is 0 Å². The van der Waals surface area contributed by atoms with Crippen LogP contribution in [-0.2, 0) is 0 Å². The zero-order valence-electron chi connectivity index (χ0n) is 26.7. The van der Waals surface area contributed by atoms with Crippen LogP contribution in [0.15, 0.2) is 182 Å². The molecule has 0 saturated heterocycles. The molecule has 0 N–H and O–H groups in total. The van der Waals surface area contributed by atoms with E-state index in [9.17, 15) is 0 Å². The Morgan fingerprint density at radius 1 is 0.367 bits per heavy atom. The van der Waals surface area contributed by atoms with Gasteiger partial charge in [0.15, 0.2) is 0 Å². The van der Waals surface area contributed by atoms with E-state index < -0.39 is 0 Å². The van der Waals surface area contributed by atoms with Crippen molar-refractivity contribution < 1.29 is 0 Å². The molecule has 228 valence electrons. The molecule has 1 aliphatic rings. The van der Waals surface area contributed by atoms with Crippen LogP contribution in [0.3, 0.4) is 0 Å². The topological polar surface area (TPSA) is 16.1 Å². The molecule has 49 heavy (non-hydrogen) atoms. The average molecular weight is 623 g/mol. The van der Waals surface area contributed by atoms with Gasteiger partial charge in [0.1, 0.15) is 0 Å². The Morgan fingerprint density at radius 3 is 1.59 bits per heavy atom. The molecule has 2 nitrogen and oxygen atoms in total. The first kappa shape index (κ1) is 27.6. The van der Waals surface area contributed by atoms with E-state index >= 15 is 0 Å². The second-order valence-electron chi connectivity index (χ2n) is 12.7. The number of anilines is 3. The van der Waals surface area contributed by atoms with Crippen LogP contribution in [0.25, 0.3) is 76.8 Å². The van der Waals surface area contributed by atoms with Crippen molar-refractivity contribution in [2.24, 2.45) is 0 Å². The number of aromatic nitrogens is 1. The highest BCUT2D eigenvalue weighted by atomic mass is 15.1. The largest absolute Gasteiger partial charge is 0.309 e. The Morgan fingerprint density at radius 2 is 0.918 bits per heavy atom. The molecule has 0 fully saturated rings. The molecule has 0 bridgehead atoms. The van der Waals surface area contributed by atoms with Gasteiger partial charge in [-0.3, -0.25) is 4.98 Å². The smallest absolute Gasteiger partial charge is 0.0541 e. The Balaban J connectivity index is 1.34. The molecule has 1 aliphatic carbocycles. The second-order valence-corrected chi connectivity index (χ2v) is 12.7. The van der Waals surface area contributed by atoms with Crippen LogP contribution in [0.1, 0.15) is 0 Å². The maximum Gasteiger partial charge on any atom is 0.0541 e. The number of hydrogen-bond acceptors (Lipinski definition) is 2. The van der Waals surface area contributed by atoms with E-state index in [0.717, 1.165) is 27.8 Å². The predicted molar refractivity (Wildman–Crippen MR) is 207 cm³/mol. The molecule has 1 aromatic heterocycles. The van der Waals surface area contributed by atoms with Crippen molar-refractivity contribution in [2.45, 2.75) is 0 Å². The molecular weight excluding hydrogens is 593 g/mol. The third-order valence-corrected chi connectivity index (χ3v) is 10.1. The first-order valence-electron chi connectivity index (χ1n) is 16.8. The zero-order chi connectivity index (χ0) is 32.3. The lowest BCUT2D eigenvalue weighted by Gasteiger charge is -2.28. The summed E-state index contributed by atoms with van der Waals surface area (Å²) >= 11 is 0. The molecule has 0 radical (unpaired) electrons. The van der Waals surface area contributed by atoms with E-state index in [2.05, 4.69) is 180 Å². The summed E-state index contributed by atoms with van der Waals surface area (Å²) in [6.07, 6.45) is 3.84. The van der Waals surface area contributed by atoms with Crippen LogP contribution in [0.2, 0.25) is 0 Å². The molecule has 0 saturated carbocycles. The summed E-state index contributed by atoms with van der Waals surface area (Å²) in [5.41, 5.74) is 13.6. The highest BCUT2D eigenvalue weighted by molar-refractivity contribution is 6.29. The molecule has 9 aromatic rings. The summed E-state index contributed by atoms with van der Waals surface area (Å²) in [6, 6.07) is 61.7. The van der Waals surface area contributed by atoms with Gasteiger partial charge < -0.3 is 4.90 Å². The van der Waals surface area contributed by atoms with Crippen molar-refractivity contribution >= 4 is 49.4 Å². The lowest BCUT2D eigenvalue weighted by atomic mass is 9.82. The van der Waals surface area contributed by atoms with Gasteiger partial charge in [0.2, 0.25) is 0 Å². The minimum atomic E-state index is 1.11. The molecule has 1 heterocycles. The highest BCUT2D eigenvalue weighted by Crippen LogP contribution is 2.59. The minimum Gasteiger partial charge on any atom is -0.309 e. The van der Waals surface area contributed by atoms with Gasteiger partial charge >= 0.3 is 0 Å². The Labute approximate surface area is 285 Å². The maximum atomic E-state index is 4.43. The van der Waals surface area contributed by atoms with Gasteiger partial charge in [-0.05, 0) is 91.0 Å². The average Bonchev–Trinajstić information content (AvgIpc) is 3.50. The van der Waals surface area contributed by atoms with Crippen molar-refractivity contribution in [3.63, 3.8) is 0 Å². The molecular formula is C47H30N2. The maximum absolute atomic E-state index is 4.43. The monoisotopic (exact) mass is 622 g/mol. The Kier molecular flexibility index (Phi) is 6.22. The van der Waals surface area contributed by atoms with E-state index in [1.165, 1.54) is 66.1 Å². The fourth-order valence-electron chi connectivity index (χ4n) is 8.07. The molecule has 0 atom stereocenters. The Bertz CT molecular complexity index is 2600. The molecule has 0 aliphatic heterocycles. The SMILES string of the molecule is c1ccc(-c2c3c(c(-c4ccccc4)c4ccccc24)-c2ccc(N(c4ccccc4)c4cccc5cnccc45)c4cccc-3c24)cc1. The predicted octanol–water partition coefficient (Wildman–Crippen LogP) is 13.0. The van der Waals surface area contributed by atoms with Crippen LogP contribution in [0.4, 0.5) is 17.1 Å². The van der Waals surface area contributed by atoms with E-state index in [1.807, 2.05) is 12.4 Å². The fourth-order valence-corrected chi connectivity index (χ4v) is 8.07. The van der Waals surface area contributed by atoms with E-state index in [0.29, 0.717) is 0 Å². The van der Waals surface area contributed by atoms with Gasteiger partial charge in [0, 0.05) is 34.2 Å². The highest BCUT2D eigenvalue weighted by Gasteiger charge is 2.32. The van der Waals surface area contributed by atoms with Crippen molar-refractivity contribution in [1.29, 1.82) is 0 Å². The summed E-state index contributed by atoms with van der Waals surface area (Å²) in [7, 11) is 0. The van der Waals surface area contributed by atoms with Gasteiger partial charge in [-0.1, -0.05) is 140 Å². The Hall–Kier alpha value is -6.51. The van der Waals surface area contributed by atoms with E-state index in [4.69, 9.17) is 0 Å². The van der Waals surface area contributed by atoms with Crippen molar-refractivity contribution in [3.05, 3.63) is 182 Å². The lowest BCUT2D eigenvalue weighted by Crippen LogP contribution is -2.11.